The third-order valence-electron chi connectivity index (χ3n) is 2.49. The molecule has 0 radical (unpaired) electrons. The largest absolute Gasteiger partial charge is 0.320 e. The van der Waals surface area contributed by atoms with Gasteiger partial charge in [-0.15, -0.1) is 0 Å². The van der Waals surface area contributed by atoms with Crippen LogP contribution in [-0.2, 0) is 0 Å². The molecule has 98 valence electrons. The summed E-state index contributed by atoms with van der Waals surface area (Å²) in [6.45, 7) is 1.68. The smallest absolute Gasteiger partial charge is 0.258 e. The SMILES string of the molecule is Cc1nccc(NC(=O)c2ccc(F)cc2F)c1Cl. The number of carbonyl (C=O) groups is 1. The van der Waals surface area contributed by atoms with Crippen molar-refractivity contribution in [2.45, 2.75) is 6.92 Å². The number of nitrogens with one attached hydrogen (secondary N) is 1. The Morgan fingerprint density at radius 2 is 2.05 bits per heavy atom. The predicted molar refractivity (Wildman–Crippen MR) is 68.3 cm³/mol. The third-order valence-corrected chi connectivity index (χ3v) is 2.96. The van der Waals surface area contributed by atoms with E-state index in [1.54, 1.807) is 6.92 Å². The van der Waals surface area contributed by atoms with E-state index in [2.05, 4.69) is 10.3 Å². The molecule has 1 amide bonds. The molecule has 2 aromatic rings. The Morgan fingerprint density at radius 3 is 2.74 bits per heavy atom. The van der Waals surface area contributed by atoms with Crippen molar-refractivity contribution in [2.75, 3.05) is 5.32 Å². The first-order chi connectivity index (χ1) is 8.99. The Hall–Kier alpha value is -2.01. The summed E-state index contributed by atoms with van der Waals surface area (Å²) in [7, 11) is 0. The lowest BCUT2D eigenvalue weighted by atomic mass is 10.2. The van der Waals surface area contributed by atoms with Crippen LogP contribution in [0.15, 0.2) is 30.5 Å². The van der Waals surface area contributed by atoms with Crippen LogP contribution in [0.2, 0.25) is 5.02 Å². The maximum atomic E-state index is 13.4. The lowest BCUT2D eigenvalue weighted by Gasteiger charge is -2.08. The van der Waals surface area contributed by atoms with Crippen LogP contribution in [0.5, 0.6) is 0 Å². The predicted octanol–water partition coefficient (Wildman–Crippen LogP) is 3.57. The number of nitrogens with zero attached hydrogens (tertiary/aromatic N) is 1. The monoisotopic (exact) mass is 282 g/mol. The molecule has 0 atom stereocenters. The summed E-state index contributed by atoms with van der Waals surface area (Å²) in [6.07, 6.45) is 1.47. The third kappa shape index (κ3) is 2.88. The summed E-state index contributed by atoms with van der Waals surface area (Å²) >= 11 is 5.96. The van der Waals surface area contributed by atoms with Gasteiger partial charge in [-0.25, -0.2) is 8.78 Å². The Balaban J connectivity index is 2.28. The van der Waals surface area contributed by atoms with E-state index in [0.29, 0.717) is 17.4 Å². The van der Waals surface area contributed by atoms with Crippen molar-refractivity contribution in [3.8, 4) is 0 Å². The van der Waals surface area contributed by atoms with Gasteiger partial charge >= 0.3 is 0 Å². The van der Waals surface area contributed by atoms with Gasteiger partial charge in [0.25, 0.3) is 5.91 Å². The van der Waals surface area contributed by atoms with Gasteiger partial charge in [-0.2, -0.15) is 0 Å². The van der Waals surface area contributed by atoms with Gasteiger partial charge in [-0.05, 0) is 25.1 Å². The van der Waals surface area contributed by atoms with Crippen LogP contribution in [0, 0.1) is 18.6 Å². The number of aryl methyl sites for hydroxylation is 1. The molecule has 2 rings (SSSR count). The second kappa shape index (κ2) is 5.32. The minimum absolute atomic E-state index is 0.257. The number of carbonyl (C=O) groups excluding carboxylic acids is 1. The fraction of sp³-hybridized carbons (Fsp3) is 0.0769. The van der Waals surface area contributed by atoms with Crippen molar-refractivity contribution in [2.24, 2.45) is 0 Å². The average molecular weight is 283 g/mol. The Bertz CT molecular complexity index is 647. The fourth-order valence-electron chi connectivity index (χ4n) is 1.51. The van der Waals surface area contributed by atoms with E-state index in [4.69, 9.17) is 11.6 Å². The number of hydrogen-bond donors (Lipinski definition) is 1. The molecule has 0 aliphatic carbocycles. The number of benzene rings is 1. The molecule has 0 aliphatic heterocycles. The molecule has 1 aromatic carbocycles. The van der Waals surface area contributed by atoms with Crippen LogP contribution < -0.4 is 5.32 Å². The number of amides is 1. The summed E-state index contributed by atoms with van der Waals surface area (Å²) in [5.41, 5.74) is 0.605. The first-order valence-electron chi connectivity index (χ1n) is 5.36. The van der Waals surface area contributed by atoms with E-state index in [1.807, 2.05) is 0 Å². The number of halogens is 3. The van der Waals surface area contributed by atoms with Crippen molar-refractivity contribution in [3.05, 3.63) is 58.4 Å². The van der Waals surface area contributed by atoms with Gasteiger partial charge in [0.1, 0.15) is 11.6 Å². The molecule has 0 saturated heterocycles. The molecule has 1 heterocycles. The standard InChI is InChI=1S/C13H9ClF2N2O/c1-7-12(14)11(4-5-17-7)18-13(19)9-3-2-8(15)6-10(9)16/h2-6H,1H3,(H,17,18,19). The topological polar surface area (TPSA) is 42.0 Å². The van der Waals surface area contributed by atoms with E-state index in [0.717, 1.165) is 12.1 Å². The molecule has 1 aromatic heterocycles. The zero-order valence-electron chi connectivity index (χ0n) is 9.88. The number of pyridine rings is 1. The highest BCUT2D eigenvalue weighted by Gasteiger charge is 2.14. The summed E-state index contributed by atoms with van der Waals surface area (Å²) in [5, 5.41) is 2.73. The molecule has 0 saturated carbocycles. The summed E-state index contributed by atoms with van der Waals surface area (Å²) in [6, 6.07) is 4.22. The van der Waals surface area contributed by atoms with Crippen LogP contribution >= 0.6 is 11.6 Å². The summed E-state index contributed by atoms with van der Waals surface area (Å²) < 4.78 is 26.2. The Labute approximate surface area is 113 Å². The first-order valence-corrected chi connectivity index (χ1v) is 5.74. The minimum Gasteiger partial charge on any atom is -0.320 e. The van der Waals surface area contributed by atoms with Gasteiger partial charge in [0.15, 0.2) is 0 Å². The van der Waals surface area contributed by atoms with Gasteiger partial charge in [0, 0.05) is 12.3 Å². The van der Waals surface area contributed by atoms with Crippen molar-refractivity contribution >= 4 is 23.2 Å². The highest BCUT2D eigenvalue weighted by molar-refractivity contribution is 6.34. The summed E-state index contributed by atoms with van der Waals surface area (Å²) in [5.74, 6) is -2.38. The molecule has 0 fully saturated rings. The van der Waals surface area contributed by atoms with Crippen LogP contribution in [0.4, 0.5) is 14.5 Å². The zero-order chi connectivity index (χ0) is 14.0. The molecule has 1 N–H and O–H groups in total. The molecule has 0 aliphatic rings. The van der Waals surface area contributed by atoms with Crippen molar-refractivity contribution in [1.29, 1.82) is 0 Å². The van der Waals surface area contributed by atoms with Crippen molar-refractivity contribution < 1.29 is 13.6 Å². The van der Waals surface area contributed by atoms with Crippen LogP contribution in [0.1, 0.15) is 16.1 Å². The van der Waals surface area contributed by atoms with Gasteiger partial charge in [0.2, 0.25) is 0 Å². The molecule has 0 unspecified atom stereocenters. The van der Waals surface area contributed by atoms with E-state index >= 15 is 0 Å². The maximum absolute atomic E-state index is 13.4. The Kier molecular flexibility index (Phi) is 3.76. The second-order valence-corrected chi connectivity index (χ2v) is 4.21. The zero-order valence-corrected chi connectivity index (χ0v) is 10.6. The van der Waals surface area contributed by atoms with Gasteiger partial charge < -0.3 is 5.32 Å². The first kappa shape index (κ1) is 13.4. The van der Waals surface area contributed by atoms with Gasteiger partial charge in [-0.1, -0.05) is 11.6 Å². The van der Waals surface area contributed by atoms with Gasteiger partial charge in [0.05, 0.1) is 22.0 Å². The number of rotatable bonds is 2. The molecule has 3 nitrogen and oxygen atoms in total. The fourth-order valence-corrected chi connectivity index (χ4v) is 1.67. The van der Waals surface area contributed by atoms with Crippen molar-refractivity contribution in [3.63, 3.8) is 0 Å². The van der Waals surface area contributed by atoms with E-state index in [9.17, 15) is 13.6 Å². The van der Waals surface area contributed by atoms with Crippen LogP contribution in [0.3, 0.4) is 0 Å². The average Bonchev–Trinajstić information content (AvgIpc) is 2.34. The molecule has 6 heteroatoms. The van der Waals surface area contributed by atoms with Crippen LogP contribution in [0.25, 0.3) is 0 Å². The normalized spacial score (nSPS) is 10.3. The molecule has 0 bridgehead atoms. The number of aromatic nitrogens is 1. The molecule has 19 heavy (non-hydrogen) atoms. The lowest BCUT2D eigenvalue weighted by Crippen LogP contribution is -2.14. The minimum atomic E-state index is -0.931. The van der Waals surface area contributed by atoms with Crippen LogP contribution in [-0.4, -0.2) is 10.9 Å². The summed E-state index contributed by atoms with van der Waals surface area (Å²) in [4.78, 5) is 15.8. The maximum Gasteiger partial charge on any atom is 0.258 e. The second-order valence-electron chi connectivity index (χ2n) is 3.84. The van der Waals surface area contributed by atoms with E-state index < -0.39 is 17.5 Å². The molecular formula is C13H9ClF2N2O. The number of hydrogen-bond acceptors (Lipinski definition) is 2. The van der Waals surface area contributed by atoms with Crippen molar-refractivity contribution in [1.82, 2.24) is 4.98 Å². The highest BCUT2D eigenvalue weighted by Crippen LogP contribution is 2.24. The quantitative estimate of drug-likeness (QED) is 0.915. The molecule has 0 spiro atoms. The lowest BCUT2D eigenvalue weighted by molar-refractivity contribution is 0.102. The number of anilines is 1. The molecular weight excluding hydrogens is 274 g/mol. The highest BCUT2D eigenvalue weighted by atomic mass is 35.5. The van der Waals surface area contributed by atoms with Gasteiger partial charge in [-0.3, -0.25) is 9.78 Å². The van der Waals surface area contributed by atoms with E-state index in [1.165, 1.54) is 12.3 Å². The van der Waals surface area contributed by atoms with E-state index in [-0.39, 0.29) is 10.6 Å². The Morgan fingerprint density at radius 1 is 1.32 bits per heavy atom.